The van der Waals surface area contributed by atoms with Gasteiger partial charge in [0, 0.05) is 27.4 Å². The van der Waals surface area contributed by atoms with Crippen LogP contribution in [0.2, 0.25) is 10.0 Å². The zero-order valence-corrected chi connectivity index (χ0v) is 17.0. The van der Waals surface area contributed by atoms with Crippen LogP contribution in [0.5, 0.6) is 0 Å². The van der Waals surface area contributed by atoms with Crippen LogP contribution >= 0.6 is 23.2 Å². The van der Waals surface area contributed by atoms with Crippen LogP contribution in [0.1, 0.15) is 11.1 Å². The van der Waals surface area contributed by atoms with E-state index in [1.165, 1.54) is 6.08 Å². The fourth-order valence-electron chi connectivity index (χ4n) is 2.97. The standard InChI is InChI=1S/C23H16Cl2N2O2/c1-14-17(23-27-20-6-2-3-8-21(20)29-23)5-4-7-19(14)26-22(28)12-10-15-9-11-16(24)13-18(15)25/h2-13H,1H3,(H,26,28)/b12-10+. The van der Waals surface area contributed by atoms with Crippen molar-refractivity contribution in [1.82, 2.24) is 4.98 Å². The smallest absolute Gasteiger partial charge is 0.248 e. The van der Waals surface area contributed by atoms with E-state index in [2.05, 4.69) is 10.3 Å². The first kappa shape index (κ1) is 19.2. The number of aromatic nitrogens is 1. The van der Waals surface area contributed by atoms with Gasteiger partial charge in [-0.1, -0.05) is 47.5 Å². The molecule has 0 saturated carbocycles. The van der Waals surface area contributed by atoms with Crippen LogP contribution < -0.4 is 5.32 Å². The molecule has 0 spiro atoms. The average molecular weight is 423 g/mol. The van der Waals surface area contributed by atoms with Gasteiger partial charge in [-0.3, -0.25) is 4.79 Å². The summed E-state index contributed by atoms with van der Waals surface area (Å²) in [6.07, 6.45) is 3.08. The van der Waals surface area contributed by atoms with Gasteiger partial charge < -0.3 is 9.73 Å². The predicted octanol–water partition coefficient (Wildman–Crippen LogP) is 6.76. The topological polar surface area (TPSA) is 55.1 Å². The highest BCUT2D eigenvalue weighted by atomic mass is 35.5. The number of oxazole rings is 1. The molecule has 0 radical (unpaired) electrons. The van der Waals surface area contributed by atoms with E-state index in [1.807, 2.05) is 49.4 Å². The zero-order chi connectivity index (χ0) is 20.4. The molecule has 4 nitrogen and oxygen atoms in total. The third-order valence-corrected chi connectivity index (χ3v) is 5.06. The molecule has 0 aliphatic carbocycles. The number of fused-ring (bicyclic) bond motifs is 1. The second-order valence-electron chi connectivity index (χ2n) is 6.45. The number of halogens is 2. The number of hydrogen-bond donors (Lipinski definition) is 1. The van der Waals surface area contributed by atoms with Gasteiger partial charge in [-0.25, -0.2) is 4.98 Å². The van der Waals surface area contributed by atoms with Crippen LogP contribution in [-0.2, 0) is 4.79 Å². The molecule has 0 aliphatic heterocycles. The number of rotatable bonds is 4. The fraction of sp³-hybridized carbons (Fsp3) is 0.0435. The Kier molecular flexibility index (Phi) is 5.38. The number of anilines is 1. The lowest BCUT2D eigenvalue weighted by Gasteiger charge is -2.09. The quantitative estimate of drug-likeness (QED) is 0.369. The molecule has 0 unspecified atom stereocenters. The first-order valence-electron chi connectivity index (χ1n) is 8.91. The Balaban J connectivity index is 1.57. The summed E-state index contributed by atoms with van der Waals surface area (Å²) >= 11 is 12.0. The number of hydrogen-bond acceptors (Lipinski definition) is 3. The number of benzene rings is 3. The van der Waals surface area contributed by atoms with Gasteiger partial charge in [0.15, 0.2) is 5.58 Å². The number of carbonyl (C=O) groups excluding carboxylic acids is 1. The molecule has 0 aliphatic rings. The van der Waals surface area contributed by atoms with Gasteiger partial charge in [-0.2, -0.15) is 0 Å². The Hall–Kier alpha value is -3.08. The molecule has 29 heavy (non-hydrogen) atoms. The van der Waals surface area contributed by atoms with Crippen LogP contribution in [0, 0.1) is 6.92 Å². The van der Waals surface area contributed by atoms with Gasteiger partial charge in [0.1, 0.15) is 5.52 Å². The van der Waals surface area contributed by atoms with Crippen molar-refractivity contribution < 1.29 is 9.21 Å². The summed E-state index contributed by atoms with van der Waals surface area (Å²) < 4.78 is 5.86. The molecule has 0 fully saturated rings. The van der Waals surface area contributed by atoms with Gasteiger partial charge in [-0.15, -0.1) is 0 Å². The maximum absolute atomic E-state index is 12.4. The molecule has 4 rings (SSSR count). The van der Waals surface area contributed by atoms with Crippen LogP contribution in [0.15, 0.2) is 71.2 Å². The van der Waals surface area contributed by atoms with Crippen LogP contribution in [0.4, 0.5) is 5.69 Å². The van der Waals surface area contributed by atoms with Gasteiger partial charge in [0.25, 0.3) is 0 Å². The molecule has 0 atom stereocenters. The lowest BCUT2D eigenvalue weighted by Crippen LogP contribution is -2.09. The van der Waals surface area contributed by atoms with E-state index in [1.54, 1.807) is 24.3 Å². The summed E-state index contributed by atoms with van der Waals surface area (Å²) in [4.78, 5) is 16.9. The molecule has 6 heteroatoms. The van der Waals surface area contributed by atoms with Crippen molar-refractivity contribution >= 4 is 52.0 Å². The van der Waals surface area contributed by atoms with Crippen molar-refractivity contribution in [2.24, 2.45) is 0 Å². The minimum atomic E-state index is -0.270. The average Bonchev–Trinajstić information content (AvgIpc) is 3.13. The zero-order valence-electron chi connectivity index (χ0n) is 15.4. The molecule has 0 bridgehead atoms. The van der Waals surface area contributed by atoms with Gasteiger partial charge >= 0.3 is 0 Å². The first-order chi connectivity index (χ1) is 14.0. The number of para-hydroxylation sites is 2. The normalized spacial score (nSPS) is 11.3. The Morgan fingerprint density at radius 2 is 1.90 bits per heavy atom. The summed E-state index contributed by atoms with van der Waals surface area (Å²) in [6.45, 7) is 1.92. The molecule has 4 aromatic rings. The van der Waals surface area contributed by atoms with E-state index in [4.69, 9.17) is 27.6 Å². The summed E-state index contributed by atoms with van der Waals surface area (Å²) in [6, 6.07) is 18.3. The highest BCUT2D eigenvalue weighted by molar-refractivity contribution is 6.35. The van der Waals surface area contributed by atoms with Crippen LogP contribution in [0.3, 0.4) is 0 Å². The third kappa shape index (κ3) is 4.19. The van der Waals surface area contributed by atoms with E-state index in [9.17, 15) is 4.79 Å². The highest BCUT2D eigenvalue weighted by Crippen LogP contribution is 2.30. The molecule has 1 aromatic heterocycles. The SMILES string of the molecule is Cc1c(NC(=O)/C=C/c2ccc(Cl)cc2Cl)cccc1-c1nc2ccccc2o1. The maximum Gasteiger partial charge on any atom is 0.248 e. The van der Waals surface area contributed by atoms with E-state index >= 15 is 0 Å². The Bertz CT molecular complexity index is 1210. The Labute approximate surface area is 177 Å². The maximum atomic E-state index is 12.4. The van der Waals surface area contributed by atoms with Crippen molar-refractivity contribution in [2.45, 2.75) is 6.92 Å². The van der Waals surface area contributed by atoms with Gasteiger partial charge in [-0.05, 0) is 60.5 Å². The molecule has 1 heterocycles. The fourth-order valence-corrected chi connectivity index (χ4v) is 3.44. The summed E-state index contributed by atoms with van der Waals surface area (Å²) in [5, 5.41) is 3.92. The van der Waals surface area contributed by atoms with Gasteiger partial charge in [0.2, 0.25) is 11.8 Å². The first-order valence-corrected chi connectivity index (χ1v) is 9.66. The van der Waals surface area contributed by atoms with Crippen molar-refractivity contribution in [3.63, 3.8) is 0 Å². The number of amides is 1. The van der Waals surface area contributed by atoms with E-state index in [0.717, 1.165) is 22.2 Å². The second kappa shape index (κ2) is 8.11. The van der Waals surface area contributed by atoms with E-state index in [0.29, 0.717) is 27.2 Å². The number of carbonyl (C=O) groups is 1. The third-order valence-electron chi connectivity index (χ3n) is 4.49. The van der Waals surface area contributed by atoms with E-state index < -0.39 is 0 Å². The Morgan fingerprint density at radius 3 is 2.69 bits per heavy atom. The van der Waals surface area contributed by atoms with E-state index in [-0.39, 0.29) is 5.91 Å². The lowest BCUT2D eigenvalue weighted by molar-refractivity contribution is -0.111. The monoisotopic (exact) mass is 422 g/mol. The highest BCUT2D eigenvalue weighted by Gasteiger charge is 2.13. The minimum Gasteiger partial charge on any atom is -0.436 e. The van der Waals surface area contributed by atoms with Gasteiger partial charge in [0.05, 0.1) is 0 Å². The number of nitrogens with one attached hydrogen (secondary N) is 1. The van der Waals surface area contributed by atoms with Crippen molar-refractivity contribution in [3.8, 4) is 11.5 Å². The molecule has 144 valence electrons. The molecular weight excluding hydrogens is 407 g/mol. The lowest BCUT2D eigenvalue weighted by atomic mass is 10.1. The number of nitrogens with zero attached hydrogens (tertiary/aromatic N) is 1. The summed E-state index contributed by atoms with van der Waals surface area (Å²) in [5.74, 6) is 0.247. The Morgan fingerprint density at radius 1 is 1.07 bits per heavy atom. The summed E-state index contributed by atoms with van der Waals surface area (Å²) in [5.41, 5.74) is 4.59. The van der Waals surface area contributed by atoms with Crippen molar-refractivity contribution in [3.05, 3.63) is 87.9 Å². The molecule has 1 N–H and O–H groups in total. The van der Waals surface area contributed by atoms with Crippen LogP contribution in [0.25, 0.3) is 28.6 Å². The molecule has 1 amide bonds. The molecular formula is C23H16Cl2N2O2. The predicted molar refractivity (Wildman–Crippen MR) is 118 cm³/mol. The summed E-state index contributed by atoms with van der Waals surface area (Å²) in [7, 11) is 0. The van der Waals surface area contributed by atoms with Crippen LogP contribution in [-0.4, -0.2) is 10.9 Å². The minimum absolute atomic E-state index is 0.270. The van der Waals surface area contributed by atoms with Crippen molar-refractivity contribution in [2.75, 3.05) is 5.32 Å². The molecule has 3 aromatic carbocycles. The largest absolute Gasteiger partial charge is 0.436 e. The molecule has 0 saturated heterocycles. The second-order valence-corrected chi connectivity index (χ2v) is 7.30. The van der Waals surface area contributed by atoms with Crippen molar-refractivity contribution in [1.29, 1.82) is 0 Å².